The Morgan fingerprint density at radius 2 is 1.55 bits per heavy atom. The number of carbonyl (C=O) groups excluding carboxylic acids is 1. The van der Waals surface area contributed by atoms with Crippen LogP contribution in [0, 0.1) is 17.8 Å². The summed E-state index contributed by atoms with van der Waals surface area (Å²) in [4.78, 5) is 10.7. The molecule has 0 aliphatic heterocycles. The van der Waals surface area contributed by atoms with Gasteiger partial charge < -0.3 is 18.9 Å². The average molecular weight is 350 g/mol. The molecule has 0 amide bonds. The number of aliphatic carboxylic acids is 1. The number of carbonyl (C=O) groups is 1. The van der Waals surface area contributed by atoms with E-state index in [-0.39, 0.29) is 29.6 Å². The molecule has 20 heavy (non-hydrogen) atoms. The third kappa shape index (κ3) is 12.0. The molecule has 0 fully saturated rings. The molecule has 114 valence electrons. The van der Waals surface area contributed by atoms with Crippen LogP contribution in [0.15, 0.2) is 0 Å². The van der Waals surface area contributed by atoms with Gasteiger partial charge in [0.05, 0.1) is 13.2 Å². The van der Waals surface area contributed by atoms with Crippen molar-refractivity contribution in [2.45, 2.75) is 34.6 Å². The average Bonchev–Trinajstić information content (AvgIpc) is 2.31. The summed E-state index contributed by atoms with van der Waals surface area (Å²) in [6.45, 7) is 10.8. The SMILES string of the molecule is CC(C)COP(=S)(OCC(C)C)SCC(C)C(=O)[O-].[Na+]. The van der Waals surface area contributed by atoms with E-state index < -0.39 is 17.6 Å². The Bertz CT molecular complexity index is 311. The number of rotatable bonds is 10. The van der Waals surface area contributed by atoms with E-state index in [9.17, 15) is 9.90 Å². The van der Waals surface area contributed by atoms with Gasteiger partial charge in [0.1, 0.15) is 0 Å². The fourth-order valence-corrected chi connectivity index (χ4v) is 5.53. The predicted octanol–water partition coefficient (Wildman–Crippen LogP) is -0.321. The first-order valence-corrected chi connectivity index (χ1v) is 10.6. The topological polar surface area (TPSA) is 58.6 Å². The molecule has 0 saturated carbocycles. The molecule has 0 heterocycles. The minimum absolute atomic E-state index is 0. The van der Waals surface area contributed by atoms with Crippen LogP contribution in [0.25, 0.3) is 0 Å². The molecule has 0 aliphatic rings. The third-order valence-corrected chi connectivity index (χ3v) is 7.52. The molecule has 0 radical (unpaired) electrons. The van der Waals surface area contributed by atoms with Gasteiger partial charge in [-0.1, -0.05) is 46.0 Å². The van der Waals surface area contributed by atoms with Crippen molar-refractivity contribution in [3.63, 3.8) is 0 Å². The van der Waals surface area contributed by atoms with Gasteiger partial charge in [-0.25, -0.2) is 0 Å². The number of carboxylic acid groups (broad SMARTS) is 1. The van der Waals surface area contributed by atoms with Gasteiger partial charge in [-0.15, -0.1) is 0 Å². The van der Waals surface area contributed by atoms with Crippen molar-refractivity contribution in [1.82, 2.24) is 0 Å². The van der Waals surface area contributed by atoms with Gasteiger partial charge in [-0.2, -0.15) is 0 Å². The number of carboxylic acids is 1. The smallest absolute Gasteiger partial charge is 0.550 e. The first kappa shape index (κ1) is 23.7. The second-order valence-electron chi connectivity index (χ2n) is 5.34. The first-order chi connectivity index (χ1) is 8.66. The maximum Gasteiger partial charge on any atom is 1.00 e. The van der Waals surface area contributed by atoms with Crippen molar-refractivity contribution in [2.75, 3.05) is 19.0 Å². The quantitative estimate of drug-likeness (QED) is 0.398. The van der Waals surface area contributed by atoms with Crippen LogP contribution in [0.5, 0.6) is 0 Å². The van der Waals surface area contributed by atoms with E-state index in [0.29, 0.717) is 30.8 Å². The normalized spacial score (nSPS) is 13.3. The summed E-state index contributed by atoms with van der Waals surface area (Å²) in [5, 5.41) is 10.7. The van der Waals surface area contributed by atoms with Crippen molar-refractivity contribution in [3.05, 3.63) is 0 Å². The Labute approximate surface area is 154 Å². The van der Waals surface area contributed by atoms with Crippen LogP contribution in [0.4, 0.5) is 0 Å². The van der Waals surface area contributed by atoms with Crippen molar-refractivity contribution < 1.29 is 48.5 Å². The molecule has 0 spiro atoms. The Morgan fingerprint density at radius 3 is 1.85 bits per heavy atom. The Balaban J connectivity index is 0. The minimum atomic E-state index is -2.46. The van der Waals surface area contributed by atoms with Gasteiger partial charge in [0, 0.05) is 17.6 Å². The first-order valence-electron chi connectivity index (χ1n) is 6.40. The summed E-state index contributed by atoms with van der Waals surface area (Å²) in [5.41, 5.74) is -2.46. The molecule has 0 bridgehead atoms. The molecule has 0 aromatic heterocycles. The molecule has 1 atom stereocenters. The zero-order valence-electron chi connectivity index (χ0n) is 13.3. The molecular formula is C12H24NaO4PS2. The van der Waals surface area contributed by atoms with Gasteiger partial charge in [0.2, 0.25) is 5.69 Å². The van der Waals surface area contributed by atoms with Gasteiger partial charge >= 0.3 is 29.6 Å². The number of hydrogen-bond acceptors (Lipinski definition) is 6. The van der Waals surface area contributed by atoms with Crippen molar-refractivity contribution in [3.8, 4) is 0 Å². The monoisotopic (exact) mass is 350 g/mol. The van der Waals surface area contributed by atoms with Crippen molar-refractivity contribution in [1.29, 1.82) is 0 Å². The van der Waals surface area contributed by atoms with E-state index in [1.165, 1.54) is 11.4 Å². The Kier molecular flexibility index (Phi) is 14.1. The maximum atomic E-state index is 10.7. The minimum Gasteiger partial charge on any atom is -0.550 e. The molecule has 1 unspecified atom stereocenters. The summed E-state index contributed by atoms with van der Waals surface area (Å²) < 4.78 is 11.4. The fourth-order valence-electron chi connectivity index (χ4n) is 0.864. The van der Waals surface area contributed by atoms with E-state index in [1.54, 1.807) is 6.92 Å². The fraction of sp³-hybridized carbons (Fsp3) is 0.917. The van der Waals surface area contributed by atoms with E-state index in [1.807, 2.05) is 27.7 Å². The summed E-state index contributed by atoms with van der Waals surface area (Å²) >= 11 is 6.76. The summed E-state index contributed by atoms with van der Waals surface area (Å²) in [6.07, 6.45) is 0. The van der Waals surface area contributed by atoms with Crippen LogP contribution in [-0.2, 0) is 25.6 Å². The Morgan fingerprint density at radius 1 is 1.15 bits per heavy atom. The molecule has 4 nitrogen and oxygen atoms in total. The van der Waals surface area contributed by atoms with Gasteiger partial charge in [-0.05, 0) is 23.6 Å². The molecule has 0 rings (SSSR count). The molecule has 0 N–H and O–H groups in total. The van der Waals surface area contributed by atoms with Crippen LogP contribution < -0.4 is 34.7 Å². The summed E-state index contributed by atoms with van der Waals surface area (Å²) in [6, 6.07) is 0. The van der Waals surface area contributed by atoms with Crippen LogP contribution in [-0.4, -0.2) is 24.9 Å². The summed E-state index contributed by atoms with van der Waals surface area (Å²) in [7, 11) is 0. The molecule has 0 aromatic carbocycles. The van der Waals surface area contributed by atoms with E-state index in [4.69, 9.17) is 20.9 Å². The zero-order chi connectivity index (χ0) is 15.1. The predicted molar refractivity (Wildman–Crippen MR) is 82.5 cm³/mol. The second-order valence-corrected chi connectivity index (χ2v) is 11.7. The van der Waals surface area contributed by atoms with E-state index >= 15 is 0 Å². The van der Waals surface area contributed by atoms with E-state index in [2.05, 4.69) is 0 Å². The molecule has 0 aromatic rings. The molecular weight excluding hydrogens is 326 g/mol. The van der Waals surface area contributed by atoms with Crippen LogP contribution in [0.2, 0.25) is 0 Å². The largest absolute Gasteiger partial charge is 1.00 e. The van der Waals surface area contributed by atoms with Crippen LogP contribution in [0.1, 0.15) is 34.6 Å². The number of hydrogen-bond donors (Lipinski definition) is 0. The standard InChI is InChI=1S/C12H25O4PS2.Na/c1-9(2)6-15-17(18,16-7-10(3)4)19-8-11(5)12(13)14;/h9-11H,6-8H2,1-5H3,(H,13,14);/q;+1/p-1. The zero-order valence-corrected chi connectivity index (χ0v) is 17.8. The molecule has 8 heteroatoms. The molecule has 0 aliphatic carbocycles. The third-order valence-electron chi connectivity index (χ3n) is 2.02. The summed E-state index contributed by atoms with van der Waals surface area (Å²) in [5.74, 6) is -0.539. The van der Waals surface area contributed by atoms with Crippen molar-refractivity contribution >= 4 is 34.9 Å². The van der Waals surface area contributed by atoms with Crippen molar-refractivity contribution in [2.24, 2.45) is 17.8 Å². The second kappa shape index (κ2) is 11.9. The van der Waals surface area contributed by atoms with Gasteiger partial charge in [-0.3, -0.25) is 0 Å². The van der Waals surface area contributed by atoms with Crippen LogP contribution >= 0.6 is 17.1 Å². The van der Waals surface area contributed by atoms with Gasteiger partial charge in [0.15, 0.2) is 0 Å². The van der Waals surface area contributed by atoms with E-state index in [0.717, 1.165) is 0 Å². The van der Waals surface area contributed by atoms with Gasteiger partial charge in [0.25, 0.3) is 0 Å². The molecule has 0 saturated heterocycles. The van der Waals surface area contributed by atoms with Crippen LogP contribution in [0.3, 0.4) is 0 Å². The maximum absolute atomic E-state index is 10.7. The Hall–Kier alpha value is 1.39.